The quantitative estimate of drug-likeness (QED) is 0.853. The Kier molecular flexibility index (Phi) is 2.06. The summed E-state index contributed by atoms with van der Waals surface area (Å²) < 4.78 is 27.0. The third kappa shape index (κ3) is 1.33. The third-order valence-electron chi connectivity index (χ3n) is 4.21. The van der Waals surface area contributed by atoms with Crippen LogP contribution in [-0.2, 0) is 11.8 Å². The number of fused-ring (bicyclic) bond motifs is 1. The summed E-state index contributed by atoms with van der Waals surface area (Å²) in [6.07, 6.45) is 0.830. The van der Waals surface area contributed by atoms with Gasteiger partial charge in [-0.15, -0.1) is 0 Å². The normalized spacial score (nSPS) is 29.3. The summed E-state index contributed by atoms with van der Waals surface area (Å²) in [4.78, 5) is 2.15. The molecule has 1 fully saturated rings. The van der Waals surface area contributed by atoms with Crippen LogP contribution in [0.1, 0.15) is 17.5 Å². The maximum atomic E-state index is 13.5. The van der Waals surface area contributed by atoms with Crippen LogP contribution in [0, 0.1) is 0 Å². The Morgan fingerprint density at radius 3 is 2.71 bits per heavy atom. The van der Waals surface area contributed by atoms with Crippen molar-refractivity contribution in [2.75, 3.05) is 25.0 Å². The minimum Gasteiger partial charge on any atom is -0.374 e. The SMILES string of the molecule is CN1CCc2cc(C3(CN)CC3(F)F)ccc21. The van der Waals surface area contributed by atoms with Gasteiger partial charge in [-0.25, -0.2) is 8.78 Å². The lowest BCUT2D eigenvalue weighted by Crippen LogP contribution is -2.26. The molecule has 2 N–H and O–H groups in total. The molecular formula is C13H16F2N2. The summed E-state index contributed by atoms with van der Waals surface area (Å²) >= 11 is 0. The maximum absolute atomic E-state index is 13.5. The Morgan fingerprint density at radius 2 is 2.12 bits per heavy atom. The first-order chi connectivity index (χ1) is 8.00. The Labute approximate surface area is 99.4 Å². The molecule has 1 aliphatic heterocycles. The van der Waals surface area contributed by atoms with Gasteiger partial charge < -0.3 is 10.6 Å². The van der Waals surface area contributed by atoms with Crippen molar-refractivity contribution >= 4 is 5.69 Å². The van der Waals surface area contributed by atoms with E-state index in [0.717, 1.165) is 18.7 Å². The van der Waals surface area contributed by atoms with Crippen LogP contribution in [0.4, 0.5) is 14.5 Å². The van der Waals surface area contributed by atoms with E-state index in [4.69, 9.17) is 5.73 Å². The highest BCUT2D eigenvalue weighted by Gasteiger charge is 2.71. The van der Waals surface area contributed by atoms with Crippen molar-refractivity contribution in [2.45, 2.75) is 24.2 Å². The fourth-order valence-electron chi connectivity index (χ4n) is 2.85. The van der Waals surface area contributed by atoms with Crippen LogP contribution in [0.25, 0.3) is 0 Å². The van der Waals surface area contributed by atoms with Gasteiger partial charge in [0.05, 0.1) is 5.41 Å². The Balaban J connectivity index is 2.01. The summed E-state index contributed by atoms with van der Waals surface area (Å²) in [5.41, 5.74) is 7.50. The molecule has 3 rings (SSSR count). The van der Waals surface area contributed by atoms with E-state index in [9.17, 15) is 8.78 Å². The molecule has 0 bridgehead atoms. The summed E-state index contributed by atoms with van der Waals surface area (Å²) in [7, 11) is 2.02. The van der Waals surface area contributed by atoms with Crippen molar-refractivity contribution in [3.05, 3.63) is 29.3 Å². The maximum Gasteiger partial charge on any atom is 0.260 e. The number of rotatable bonds is 2. The molecule has 2 aliphatic rings. The molecule has 17 heavy (non-hydrogen) atoms. The average Bonchev–Trinajstić information content (AvgIpc) is 2.69. The molecule has 1 aromatic carbocycles. The summed E-state index contributed by atoms with van der Waals surface area (Å²) in [5.74, 6) is -2.62. The summed E-state index contributed by atoms with van der Waals surface area (Å²) in [5, 5.41) is 0. The molecule has 1 aliphatic carbocycles. The monoisotopic (exact) mass is 238 g/mol. The second kappa shape index (κ2) is 3.19. The van der Waals surface area contributed by atoms with E-state index in [2.05, 4.69) is 4.90 Å². The lowest BCUT2D eigenvalue weighted by molar-refractivity contribution is 0.0896. The molecule has 0 spiro atoms. The van der Waals surface area contributed by atoms with Crippen LogP contribution in [0.2, 0.25) is 0 Å². The van der Waals surface area contributed by atoms with Crippen molar-refractivity contribution in [3.63, 3.8) is 0 Å². The van der Waals surface area contributed by atoms with Crippen LogP contribution in [0.15, 0.2) is 18.2 Å². The number of alkyl halides is 2. The number of halogens is 2. The highest BCUT2D eigenvalue weighted by Crippen LogP contribution is 2.61. The molecule has 0 saturated heterocycles. The highest BCUT2D eigenvalue weighted by atomic mass is 19.3. The molecule has 1 atom stereocenters. The molecular weight excluding hydrogens is 222 g/mol. The Bertz CT molecular complexity index is 472. The predicted octanol–water partition coefficient (Wildman–Crippen LogP) is 1.91. The van der Waals surface area contributed by atoms with Gasteiger partial charge in [-0.2, -0.15) is 0 Å². The van der Waals surface area contributed by atoms with Gasteiger partial charge in [0.1, 0.15) is 0 Å². The molecule has 2 nitrogen and oxygen atoms in total. The van der Waals surface area contributed by atoms with E-state index in [0.29, 0.717) is 5.56 Å². The first-order valence-corrected chi connectivity index (χ1v) is 5.93. The van der Waals surface area contributed by atoms with Gasteiger partial charge >= 0.3 is 0 Å². The van der Waals surface area contributed by atoms with Gasteiger partial charge in [-0.1, -0.05) is 12.1 Å². The third-order valence-corrected chi connectivity index (χ3v) is 4.21. The van der Waals surface area contributed by atoms with Crippen molar-refractivity contribution in [2.24, 2.45) is 5.73 Å². The number of hydrogen-bond donors (Lipinski definition) is 1. The number of likely N-dealkylation sites (N-methyl/N-ethyl adjacent to an activating group) is 1. The van der Waals surface area contributed by atoms with E-state index in [1.165, 1.54) is 5.56 Å². The molecule has 1 aromatic rings. The van der Waals surface area contributed by atoms with Gasteiger partial charge in [0, 0.05) is 32.2 Å². The van der Waals surface area contributed by atoms with Crippen molar-refractivity contribution in [3.8, 4) is 0 Å². The fraction of sp³-hybridized carbons (Fsp3) is 0.538. The van der Waals surface area contributed by atoms with Crippen LogP contribution in [-0.4, -0.2) is 26.1 Å². The largest absolute Gasteiger partial charge is 0.374 e. The molecule has 92 valence electrons. The van der Waals surface area contributed by atoms with E-state index >= 15 is 0 Å². The van der Waals surface area contributed by atoms with Gasteiger partial charge in [-0.3, -0.25) is 0 Å². The van der Waals surface area contributed by atoms with Gasteiger partial charge in [0.2, 0.25) is 0 Å². The standard InChI is InChI=1S/C13H16F2N2/c1-17-5-4-9-6-10(2-3-11(9)17)12(8-16)7-13(12,14)15/h2-3,6H,4-5,7-8,16H2,1H3. The molecule has 4 heteroatoms. The second-order valence-electron chi connectivity index (χ2n) is 5.18. The van der Waals surface area contributed by atoms with Crippen molar-refractivity contribution in [1.82, 2.24) is 0 Å². The predicted molar refractivity (Wildman–Crippen MR) is 63.7 cm³/mol. The van der Waals surface area contributed by atoms with Crippen LogP contribution in [0.3, 0.4) is 0 Å². The Morgan fingerprint density at radius 1 is 1.41 bits per heavy atom. The van der Waals surface area contributed by atoms with Crippen molar-refractivity contribution in [1.29, 1.82) is 0 Å². The zero-order chi connectivity index (χ0) is 12.3. The number of nitrogens with two attached hydrogens (primary N) is 1. The number of hydrogen-bond acceptors (Lipinski definition) is 2. The van der Waals surface area contributed by atoms with Crippen LogP contribution < -0.4 is 10.6 Å². The van der Waals surface area contributed by atoms with Gasteiger partial charge in [0.15, 0.2) is 0 Å². The number of benzene rings is 1. The van der Waals surface area contributed by atoms with Crippen LogP contribution >= 0.6 is 0 Å². The highest BCUT2D eigenvalue weighted by molar-refractivity contribution is 5.60. The lowest BCUT2D eigenvalue weighted by Gasteiger charge is -2.17. The Hall–Kier alpha value is -1.16. The van der Waals surface area contributed by atoms with E-state index < -0.39 is 11.3 Å². The van der Waals surface area contributed by atoms with E-state index in [1.807, 2.05) is 25.2 Å². The van der Waals surface area contributed by atoms with E-state index in [1.54, 1.807) is 0 Å². The second-order valence-corrected chi connectivity index (χ2v) is 5.18. The van der Waals surface area contributed by atoms with Crippen molar-refractivity contribution < 1.29 is 8.78 Å². The average molecular weight is 238 g/mol. The topological polar surface area (TPSA) is 29.3 Å². The van der Waals surface area contributed by atoms with Gasteiger partial charge in [-0.05, 0) is 23.6 Å². The van der Waals surface area contributed by atoms with E-state index in [-0.39, 0.29) is 13.0 Å². The minimum atomic E-state index is -2.62. The summed E-state index contributed by atoms with van der Waals surface area (Å²) in [6, 6.07) is 5.69. The number of anilines is 1. The lowest BCUT2D eigenvalue weighted by atomic mass is 9.93. The molecule has 1 heterocycles. The zero-order valence-electron chi connectivity index (χ0n) is 9.84. The molecule has 0 radical (unpaired) electrons. The number of nitrogens with zero attached hydrogens (tertiary/aromatic N) is 1. The fourth-order valence-corrected chi connectivity index (χ4v) is 2.85. The molecule has 0 aromatic heterocycles. The molecule has 1 unspecified atom stereocenters. The first-order valence-electron chi connectivity index (χ1n) is 5.93. The molecule has 0 amide bonds. The van der Waals surface area contributed by atoms with Gasteiger partial charge in [0.25, 0.3) is 5.92 Å². The van der Waals surface area contributed by atoms with Crippen LogP contribution in [0.5, 0.6) is 0 Å². The first kappa shape index (κ1) is 11.0. The minimum absolute atomic E-state index is 0.0224. The zero-order valence-corrected chi connectivity index (χ0v) is 9.84. The smallest absolute Gasteiger partial charge is 0.260 e. The summed E-state index contributed by atoms with van der Waals surface area (Å²) in [6.45, 7) is 0.986. The molecule has 1 saturated carbocycles.